The summed E-state index contributed by atoms with van der Waals surface area (Å²) in [6.07, 6.45) is 7.26. The second-order valence-electron chi connectivity index (χ2n) is 5.10. The predicted octanol–water partition coefficient (Wildman–Crippen LogP) is 6.71. The predicted molar refractivity (Wildman–Crippen MR) is 90.7 cm³/mol. The van der Waals surface area contributed by atoms with Crippen LogP contribution in [-0.2, 0) is 0 Å². The number of halogens is 1. The van der Waals surface area contributed by atoms with Crippen molar-refractivity contribution in [2.24, 2.45) is 0 Å². The lowest BCUT2D eigenvalue weighted by Crippen LogP contribution is -2.02. The number of hydrogen-bond acceptors (Lipinski definition) is 1. The Balaban J connectivity index is 0.00000191. The third kappa shape index (κ3) is 7.50. The van der Waals surface area contributed by atoms with E-state index in [9.17, 15) is 4.39 Å². The van der Waals surface area contributed by atoms with Crippen LogP contribution in [0.15, 0.2) is 18.2 Å². The van der Waals surface area contributed by atoms with Crippen LogP contribution < -0.4 is 4.74 Å². The minimum atomic E-state index is -0.254. The minimum Gasteiger partial charge on any atom is -0.491 e. The van der Waals surface area contributed by atoms with Gasteiger partial charge < -0.3 is 4.74 Å². The lowest BCUT2D eigenvalue weighted by Gasteiger charge is -2.18. The van der Waals surface area contributed by atoms with Gasteiger partial charge in [0.25, 0.3) is 0 Å². The summed E-state index contributed by atoms with van der Waals surface area (Å²) >= 11 is 0. The molecular weight excluding hydrogens is 263 g/mol. The van der Waals surface area contributed by atoms with Crippen LogP contribution in [0.5, 0.6) is 5.75 Å². The molecule has 0 spiro atoms. The van der Waals surface area contributed by atoms with Gasteiger partial charge in [0.1, 0.15) is 0 Å². The van der Waals surface area contributed by atoms with Gasteiger partial charge in [-0.2, -0.15) is 0 Å². The fraction of sp³-hybridized carbons (Fsp3) is 0.684. The molecule has 0 saturated heterocycles. The van der Waals surface area contributed by atoms with E-state index >= 15 is 0 Å². The molecule has 1 rings (SSSR count). The van der Waals surface area contributed by atoms with Crippen molar-refractivity contribution >= 4 is 0 Å². The van der Waals surface area contributed by atoms with Gasteiger partial charge in [-0.1, -0.05) is 59.4 Å². The van der Waals surface area contributed by atoms with E-state index in [1.54, 1.807) is 6.07 Å². The van der Waals surface area contributed by atoms with E-state index in [1.165, 1.54) is 44.1 Å². The monoisotopic (exact) mass is 296 g/mol. The fourth-order valence-electron chi connectivity index (χ4n) is 2.42. The minimum absolute atomic E-state index is 0.254. The molecule has 0 radical (unpaired) electrons. The molecule has 0 unspecified atom stereocenters. The van der Waals surface area contributed by atoms with Crippen LogP contribution in [0.4, 0.5) is 4.39 Å². The molecule has 0 bridgehead atoms. The van der Waals surface area contributed by atoms with Gasteiger partial charge in [0.2, 0.25) is 0 Å². The molecule has 0 amide bonds. The first-order chi connectivity index (χ1) is 10.2. The Kier molecular flexibility index (Phi) is 12.0. The van der Waals surface area contributed by atoms with Gasteiger partial charge in [0.15, 0.2) is 11.6 Å². The SMILES string of the molecule is CC.CCCCC(CCCC)c1ccc(F)c(OCC)c1. The highest BCUT2D eigenvalue weighted by Gasteiger charge is 2.13. The number of unbranched alkanes of at least 4 members (excludes halogenated alkanes) is 2. The molecule has 122 valence electrons. The molecule has 0 aliphatic heterocycles. The second kappa shape index (κ2) is 12.7. The molecule has 0 saturated carbocycles. The van der Waals surface area contributed by atoms with E-state index in [2.05, 4.69) is 13.8 Å². The molecule has 0 fully saturated rings. The van der Waals surface area contributed by atoms with E-state index in [0.717, 1.165) is 0 Å². The van der Waals surface area contributed by atoms with Crippen molar-refractivity contribution in [2.45, 2.75) is 79.1 Å². The first kappa shape index (κ1) is 19.9. The number of hydrogen-bond donors (Lipinski definition) is 0. The summed E-state index contributed by atoms with van der Waals surface area (Å²) in [6, 6.07) is 5.37. The Labute approximate surface area is 130 Å². The molecule has 0 aromatic heterocycles. The average molecular weight is 296 g/mol. The number of rotatable bonds is 9. The Bertz CT molecular complexity index is 355. The number of ether oxygens (including phenoxy) is 1. The summed E-state index contributed by atoms with van der Waals surface area (Å²) in [7, 11) is 0. The van der Waals surface area contributed by atoms with Crippen molar-refractivity contribution in [1.82, 2.24) is 0 Å². The van der Waals surface area contributed by atoms with Gasteiger partial charge in [0.05, 0.1) is 6.61 Å². The van der Waals surface area contributed by atoms with Crippen molar-refractivity contribution in [3.8, 4) is 5.75 Å². The quantitative estimate of drug-likeness (QED) is 0.491. The Morgan fingerprint density at radius 1 is 1.00 bits per heavy atom. The van der Waals surface area contributed by atoms with E-state index in [1.807, 2.05) is 32.9 Å². The Morgan fingerprint density at radius 3 is 2.05 bits per heavy atom. The van der Waals surface area contributed by atoms with Crippen molar-refractivity contribution in [1.29, 1.82) is 0 Å². The Morgan fingerprint density at radius 2 is 1.57 bits per heavy atom. The van der Waals surface area contributed by atoms with Crippen molar-refractivity contribution in [3.05, 3.63) is 29.6 Å². The number of benzene rings is 1. The zero-order valence-electron chi connectivity index (χ0n) is 14.5. The van der Waals surface area contributed by atoms with Gasteiger partial charge in [0, 0.05) is 0 Å². The highest BCUT2D eigenvalue weighted by molar-refractivity contribution is 5.32. The van der Waals surface area contributed by atoms with Crippen LogP contribution >= 0.6 is 0 Å². The van der Waals surface area contributed by atoms with Crippen LogP contribution in [0.25, 0.3) is 0 Å². The highest BCUT2D eigenvalue weighted by Crippen LogP contribution is 2.31. The maximum atomic E-state index is 13.6. The largest absolute Gasteiger partial charge is 0.491 e. The molecule has 2 heteroatoms. The van der Waals surface area contributed by atoms with Gasteiger partial charge in [-0.3, -0.25) is 0 Å². The molecule has 0 N–H and O–H groups in total. The van der Waals surface area contributed by atoms with E-state index in [-0.39, 0.29) is 5.82 Å². The molecule has 1 nitrogen and oxygen atoms in total. The first-order valence-electron chi connectivity index (χ1n) is 8.65. The van der Waals surface area contributed by atoms with Crippen molar-refractivity contribution in [2.75, 3.05) is 6.61 Å². The molecule has 0 heterocycles. The zero-order valence-corrected chi connectivity index (χ0v) is 14.5. The molecule has 21 heavy (non-hydrogen) atoms. The molecule has 0 aliphatic carbocycles. The van der Waals surface area contributed by atoms with E-state index in [0.29, 0.717) is 18.3 Å². The Hall–Kier alpha value is -1.05. The van der Waals surface area contributed by atoms with Crippen molar-refractivity contribution < 1.29 is 9.13 Å². The van der Waals surface area contributed by atoms with Crippen LogP contribution in [-0.4, -0.2) is 6.61 Å². The van der Waals surface area contributed by atoms with Gasteiger partial charge >= 0.3 is 0 Å². The van der Waals surface area contributed by atoms with E-state index in [4.69, 9.17) is 4.74 Å². The normalized spacial score (nSPS) is 10.2. The van der Waals surface area contributed by atoms with Gasteiger partial charge in [-0.25, -0.2) is 4.39 Å². The summed E-state index contributed by atoms with van der Waals surface area (Å²) < 4.78 is 19.0. The fourth-order valence-corrected chi connectivity index (χ4v) is 2.42. The van der Waals surface area contributed by atoms with E-state index < -0.39 is 0 Å². The molecule has 0 aliphatic rings. The molecular formula is C19H33FO. The van der Waals surface area contributed by atoms with Crippen LogP contribution in [0.2, 0.25) is 0 Å². The third-order valence-electron chi connectivity index (χ3n) is 3.54. The summed E-state index contributed by atoms with van der Waals surface area (Å²) in [6.45, 7) is 10.8. The topological polar surface area (TPSA) is 9.23 Å². The first-order valence-corrected chi connectivity index (χ1v) is 8.65. The molecule has 0 atom stereocenters. The van der Waals surface area contributed by atoms with Gasteiger partial charge in [-0.05, 0) is 43.4 Å². The standard InChI is InChI=1S/C17H27FO.C2H6/c1-4-7-9-14(10-8-5-2)15-11-12-16(18)17(13-15)19-6-3;1-2/h11-14H,4-10H2,1-3H3;1-2H3. The maximum absolute atomic E-state index is 13.6. The molecule has 1 aromatic carbocycles. The van der Waals surface area contributed by atoms with Crippen LogP contribution in [0, 0.1) is 5.82 Å². The average Bonchev–Trinajstić information content (AvgIpc) is 2.52. The second-order valence-corrected chi connectivity index (χ2v) is 5.10. The smallest absolute Gasteiger partial charge is 0.165 e. The van der Waals surface area contributed by atoms with Gasteiger partial charge in [-0.15, -0.1) is 0 Å². The summed E-state index contributed by atoms with van der Waals surface area (Å²) in [5.74, 6) is 0.688. The summed E-state index contributed by atoms with van der Waals surface area (Å²) in [5, 5.41) is 0. The van der Waals surface area contributed by atoms with Crippen molar-refractivity contribution in [3.63, 3.8) is 0 Å². The molecule has 1 aromatic rings. The van der Waals surface area contributed by atoms with Crippen LogP contribution in [0.3, 0.4) is 0 Å². The maximum Gasteiger partial charge on any atom is 0.165 e. The third-order valence-corrected chi connectivity index (χ3v) is 3.54. The summed E-state index contributed by atoms with van der Waals surface area (Å²) in [4.78, 5) is 0. The summed E-state index contributed by atoms with van der Waals surface area (Å²) in [5.41, 5.74) is 1.23. The van der Waals surface area contributed by atoms with Crippen LogP contribution in [0.1, 0.15) is 84.6 Å². The zero-order chi connectivity index (χ0) is 16.1. The highest BCUT2D eigenvalue weighted by atomic mass is 19.1. The lowest BCUT2D eigenvalue weighted by atomic mass is 9.89. The lowest BCUT2D eigenvalue weighted by molar-refractivity contribution is 0.320.